The second-order valence-corrected chi connectivity index (χ2v) is 8.13. The Morgan fingerprint density at radius 3 is 2.04 bits per heavy atom. The van der Waals surface area contributed by atoms with Crippen molar-refractivity contribution in [1.29, 1.82) is 0 Å². The van der Waals surface area contributed by atoms with Gasteiger partial charge in [-0.15, -0.1) is 0 Å². The Hall–Kier alpha value is -1.15. The quantitative estimate of drug-likeness (QED) is 0.581. The fraction of sp³-hybridized carbons (Fsp3) is 0.682. The number of aryl methyl sites for hydroxylation is 1. The summed E-state index contributed by atoms with van der Waals surface area (Å²) < 4.78 is 0. The molecule has 0 fully saturated rings. The highest BCUT2D eigenvalue weighted by Crippen LogP contribution is 2.19. The van der Waals surface area contributed by atoms with E-state index in [9.17, 15) is 4.79 Å². The van der Waals surface area contributed by atoms with Crippen LogP contribution in [-0.2, 0) is 11.2 Å². The van der Waals surface area contributed by atoms with Crippen LogP contribution in [0.25, 0.3) is 0 Å². The largest absolute Gasteiger partial charge is 0.298 e. The molecule has 0 heterocycles. The number of hydrogen-bond acceptors (Lipinski definition) is 2. The predicted molar refractivity (Wildman–Crippen MR) is 104 cm³/mol. The number of ketones is 1. The van der Waals surface area contributed by atoms with Crippen molar-refractivity contribution in [1.82, 2.24) is 4.90 Å². The summed E-state index contributed by atoms with van der Waals surface area (Å²) >= 11 is 0. The van der Waals surface area contributed by atoms with Gasteiger partial charge < -0.3 is 0 Å². The maximum atomic E-state index is 12.9. The number of nitrogens with zero attached hydrogens (tertiary/aromatic N) is 1. The first-order valence-electron chi connectivity index (χ1n) is 9.57. The predicted octanol–water partition coefficient (Wildman–Crippen LogP) is 5.28. The van der Waals surface area contributed by atoms with Gasteiger partial charge in [0.15, 0.2) is 5.78 Å². The fourth-order valence-corrected chi connectivity index (χ4v) is 3.17. The van der Waals surface area contributed by atoms with Crippen molar-refractivity contribution in [2.24, 2.45) is 11.8 Å². The minimum Gasteiger partial charge on any atom is -0.298 e. The number of Topliss-reactive ketones (excluding diaryl/α,β-unsaturated/α-hetero) is 1. The minimum absolute atomic E-state index is 0.0140. The summed E-state index contributed by atoms with van der Waals surface area (Å²) in [5, 5.41) is 0. The van der Waals surface area contributed by atoms with Gasteiger partial charge in [0, 0.05) is 12.0 Å². The molecule has 0 amide bonds. The third kappa shape index (κ3) is 6.76. The molecule has 1 atom stereocenters. The molecule has 0 bridgehead atoms. The molecule has 0 aromatic heterocycles. The lowest BCUT2D eigenvalue weighted by molar-refractivity contribution is -0.128. The van der Waals surface area contributed by atoms with E-state index in [0.717, 1.165) is 25.3 Å². The average Bonchev–Trinajstić information content (AvgIpc) is 2.50. The van der Waals surface area contributed by atoms with E-state index in [2.05, 4.69) is 63.8 Å². The van der Waals surface area contributed by atoms with Crippen molar-refractivity contribution in [3.63, 3.8) is 0 Å². The van der Waals surface area contributed by atoms with Crippen LogP contribution in [0.1, 0.15) is 65.5 Å². The fourth-order valence-electron chi connectivity index (χ4n) is 3.17. The molecule has 0 unspecified atom stereocenters. The van der Waals surface area contributed by atoms with Gasteiger partial charge in [0.25, 0.3) is 0 Å². The zero-order chi connectivity index (χ0) is 18.3. The first-order valence-corrected chi connectivity index (χ1v) is 9.57. The van der Waals surface area contributed by atoms with Gasteiger partial charge in [-0.05, 0) is 58.1 Å². The summed E-state index contributed by atoms with van der Waals surface area (Å²) in [5.41, 5.74) is 2.53. The molecule has 2 nitrogen and oxygen atoms in total. The molecular formula is C22H37NO. The van der Waals surface area contributed by atoms with Crippen LogP contribution in [0.2, 0.25) is 0 Å². The summed E-state index contributed by atoms with van der Waals surface area (Å²) in [6.07, 6.45) is 3.19. The second-order valence-electron chi connectivity index (χ2n) is 8.13. The third-order valence-corrected chi connectivity index (χ3v) is 4.71. The minimum atomic E-state index is -0.0140. The van der Waals surface area contributed by atoms with Crippen LogP contribution in [0.3, 0.4) is 0 Å². The van der Waals surface area contributed by atoms with Crippen LogP contribution in [0, 0.1) is 18.8 Å². The molecule has 0 aliphatic rings. The van der Waals surface area contributed by atoms with Crippen LogP contribution in [0.15, 0.2) is 24.3 Å². The summed E-state index contributed by atoms with van der Waals surface area (Å²) in [6.45, 7) is 16.1. The number of hydrogen-bond donors (Lipinski definition) is 0. The Kier molecular flexibility index (Phi) is 8.69. The van der Waals surface area contributed by atoms with Gasteiger partial charge in [-0.3, -0.25) is 9.69 Å². The van der Waals surface area contributed by atoms with Crippen molar-refractivity contribution >= 4 is 5.78 Å². The zero-order valence-corrected chi connectivity index (χ0v) is 16.8. The topological polar surface area (TPSA) is 20.3 Å². The number of benzene rings is 1. The number of carbonyl (C=O) groups excluding carboxylic acids is 1. The Bertz CT molecular complexity index is 487. The van der Waals surface area contributed by atoms with E-state index >= 15 is 0 Å². The SMILES string of the molecule is Cc1ccc(C[C@@H](C(=O)C(C)C)N(CCCC(C)C)C(C)C)cc1. The first kappa shape index (κ1) is 20.9. The van der Waals surface area contributed by atoms with Crippen molar-refractivity contribution in [3.8, 4) is 0 Å². The Labute approximate surface area is 149 Å². The third-order valence-electron chi connectivity index (χ3n) is 4.71. The normalized spacial score (nSPS) is 13.3. The Morgan fingerprint density at radius 2 is 1.58 bits per heavy atom. The van der Waals surface area contributed by atoms with Gasteiger partial charge >= 0.3 is 0 Å². The highest BCUT2D eigenvalue weighted by Gasteiger charge is 2.29. The monoisotopic (exact) mass is 331 g/mol. The molecule has 1 aromatic carbocycles. The molecule has 0 aliphatic heterocycles. The highest BCUT2D eigenvalue weighted by molar-refractivity contribution is 5.86. The molecule has 1 aromatic rings. The zero-order valence-electron chi connectivity index (χ0n) is 16.8. The highest BCUT2D eigenvalue weighted by atomic mass is 16.1. The molecule has 0 spiro atoms. The lowest BCUT2D eigenvalue weighted by Gasteiger charge is -2.35. The van der Waals surface area contributed by atoms with Gasteiger partial charge in [0.05, 0.1) is 6.04 Å². The standard InChI is InChI=1S/C22H37NO/c1-16(2)9-8-14-23(18(5)6)21(22(24)17(3)4)15-20-12-10-19(7)11-13-20/h10-13,16-18,21H,8-9,14-15H2,1-7H3/t21-/m0/s1. The van der Waals surface area contributed by atoms with E-state index in [-0.39, 0.29) is 12.0 Å². The second kappa shape index (κ2) is 9.98. The number of rotatable bonds is 10. The Morgan fingerprint density at radius 1 is 1.00 bits per heavy atom. The molecule has 1 rings (SSSR count). The Balaban J connectivity index is 2.95. The van der Waals surface area contributed by atoms with Crippen LogP contribution in [-0.4, -0.2) is 29.3 Å². The molecule has 0 saturated heterocycles. The molecule has 24 heavy (non-hydrogen) atoms. The maximum absolute atomic E-state index is 12.9. The summed E-state index contributed by atoms with van der Waals surface area (Å²) in [4.78, 5) is 15.3. The summed E-state index contributed by atoms with van der Waals surface area (Å²) in [7, 11) is 0. The average molecular weight is 332 g/mol. The van der Waals surface area contributed by atoms with Crippen molar-refractivity contribution in [2.75, 3.05) is 6.54 Å². The number of carbonyl (C=O) groups is 1. The van der Waals surface area contributed by atoms with Crippen molar-refractivity contribution in [3.05, 3.63) is 35.4 Å². The van der Waals surface area contributed by atoms with Gasteiger partial charge in [-0.25, -0.2) is 0 Å². The summed E-state index contributed by atoms with van der Waals surface area (Å²) in [5.74, 6) is 1.16. The van der Waals surface area contributed by atoms with Gasteiger partial charge in [0.1, 0.15) is 0 Å². The first-order chi connectivity index (χ1) is 11.2. The van der Waals surface area contributed by atoms with Crippen molar-refractivity contribution < 1.29 is 4.79 Å². The molecule has 0 N–H and O–H groups in total. The van der Waals surface area contributed by atoms with E-state index in [1.807, 2.05) is 13.8 Å². The molecule has 0 radical (unpaired) electrons. The van der Waals surface area contributed by atoms with E-state index in [0.29, 0.717) is 11.8 Å². The van der Waals surface area contributed by atoms with Gasteiger partial charge in [-0.2, -0.15) is 0 Å². The van der Waals surface area contributed by atoms with Crippen molar-refractivity contribution in [2.45, 2.75) is 79.8 Å². The lowest BCUT2D eigenvalue weighted by Crippen LogP contribution is -2.48. The van der Waals surface area contributed by atoms with Gasteiger partial charge in [-0.1, -0.05) is 57.5 Å². The lowest BCUT2D eigenvalue weighted by atomic mass is 9.92. The van der Waals surface area contributed by atoms with Crippen LogP contribution >= 0.6 is 0 Å². The molecular weight excluding hydrogens is 294 g/mol. The van der Waals surface area contributed by atoms with Crippen LogP contribution in [0.4, 0.5) is 0 Å². The molecule has 2 heteroatoms. The van der Waals surface area contributed by atoms with E-state index in [1.165, 1.54) is 17.5 Å². The van der Waals surface area contributed by atoms with E-state index in [4.69, 9.17) is 0 Å². The summed E-state index contributed by atoms with van der Waals surface area (Å²) in [6, 6.07) is 9.00. The van der Waals surface area contributed by atoms with Crippen LogP contribution < -0.4 is 0 Å². The maximum Gasteiger partial charge on any atom is 0.152 e. The van der Waals surface area contributed by atoms with Crippen LogP contribution in [0.5, 0.6) is 0 Å². The smallest absolute Gasteiger partial charge is 0.152 e. The molecule has 0 aliphatic carbocycles. The molecule has 136 valence electrons. The molecule has 0 saturated carbocycles. The van der Waals surface area contributed by atoms with E-state index in [1.54, 1.807) is 0 Å². The van der Waals surface area contributed by atoms with E-state index < -0.39 is 0 Å². The van der Waals surface area contributed by atoms with Gasteiger partial charge in [0.2, 0.25) is 0 Å².